The molecule has 0 bridgehead atoms. The highest BCUT2D eigenvalue weighted by atomic mass is 32.2. The van der Waals surface area contributed by atoms with E-state index in [4.69, 9.17) is 14.6 Å². The molecule has 0 spiro atoms. The molecule has 1 aromatic heterocycles. The summed E-state index contributed by atoms with van der Waals surface area (Å²) in [5.74, 6) is 6.50. The van der Waals surface area contributed by atoms with Crippen LogP contribution in [0.5, 0.6) is 5.75 Å². The van der Waals surface area contributed by atoms with Crippen LogP contribution in [0.2, 0.25) is 0 Å². The fourth-order valence-corrected chi connectivity index (χ4v) is 5.09. The number of alkyl halides is 3. The van der Waals surface area contributed by atoms with Crippen LogP contribution >= 0.6 is 11.9 Å². The third-order valence-corrected chi connectivity index (χ3v) is 6.76. The highest BCUT2D eigenvalue weighted by molar-refractivity contribution is 7.97. The molecule has 39 heavy (non-hydrogen) atoms. The lowest BCUT2D eigenvalue weighted by molar-refractivity contribution is -0.140. The van der Waals surface area contributed by atoms with E-state index in [1.807, 2.05) is 32.0 Å². The van der Waals surface area contributed by atoms with Crippen molar-refractivity contribution in [2.24, 2.45) is 10.9 Å². The summed E-state index contributed by atoms with van der Waals surface area (Å²) in [6, 6.07) is 12.8. The number of benzene rings is 2. The van der Waals surface area contributed by atoms with Gasteiger partial charge in [-0.3, -0.25) is 5.14 Å². The number of ether oxygens (including phenoxy) is 2. The molecule has 1 aliphatic rings. The quantitative estimate of drug-likeness (QED) is 0.220. The second kappa shape index (κ2) is 13.8. The third kappa shape index (κ3) is 8.22. The average molecular weight is 564 g/mol. The molecule has 2 aromatic carbocycles. The van der Waals surface area contributed by atoms with Crippen LogP contribution in [0.4, 0.5) is 24.5 Å². The number of aromatic nitrogens is 1. The first-order chi connectivity index (χ1) is 18.7. The van der Waals surface area contributed by atoms with Gasteiger partial charge in [-0.1, -0.05) is 12.0 Å². The highest BCUT2D eigenvalue weighted by Crippen LogP contribution is 2.32. The van der Waals surface area contributed by atoms with Gasteiger partial charge in [0.15, 0.2) is 0 Å². The molecule has 0 aliphatic carbocycles. The Labute approximate surface area is 231 Å². The number of anilines is 2. The Morgan fingerprint density at radius 2 is 1.82 bits per heavy atom. The van der Waals surface area contributed by atoms with Gasteiger partial charge < -0.3 is 30.4 Å². The van der Waals surface area contributed by atoms with Crippen LogP contribution in [0.3, 0.4) is 0 Å². The van der Waals surface area contributed by atoms with E-state index in [1.54, 1.807) is 31.4 Å². The number of nitrogens with zero attached hydrogens (tertiary/aromatic N) is 1. The lowest BCUT2D eigenvalue weighted by Gasteiger charge is -2.33. The molecule has 2 heterocycles. The predicted molar refractivity (Wildman–Crippen MR) is 153 cm³/mol. The van der Waals surface area contributed by atoms with Gasteiger partial charge in [0.05, 0.1) is 42.8 Å². The van der Waals surface area contributed by atoms with Crippen molar-refractivity contribution in [3.05, 3.63) is 48.2 Å². The molecule has 2 atom stereocenters. The number of fused-ring (bicyclic) bond motifs is 1. The van der Waals surface area contributed by atoms with E-state index in [0.717, 1.165) is 41.1 Å². The monoisotopic (exact) mass is 563 g/mol. The lowest BCUT2D eigenvalue weighted by Crippen LogP contribution is -2.36. The number of nitrogens with two attached hydrogens (primary N) is 2. The molecule has 0 radical (unpaired) electrons. The number of rotatable bonds is 7. The Hall–Kier alpha value is -3.04. The molecule has 1 aliphatic heterocycles. The van der Waals surface area contributed by atoms with Gasteiger partial charge in [-0.05, 0) is 88.0 Å². The van der Waals surface area contributed by atoms with Crippen LogP contribution in [0.1, 0.15) is 32.4 Å². The number of halogens is 3. The summed E-state index contributed by atoms with van der Waals surface area (Å²) >= 11 is 1.11. The topological polar surface area (TPSA) is 99.5 Å². The van der Waals surface area contributed by atoms with E-state index in [0.29, 0.717) is 22.3 Å². The second-order valence-corrected chi connectivity index (χ2v) is 9.88. The zero-order chi connectivity index (χ0) is 28.6. The Kier molecular flexibility index (Phi) is 10.8. The van der Waals surface area contributed by atoms with E-state index in [9.17, 15) is 13.2 Å². The first-order valence-electron chi connectivity index (χ1n) is 12.6. The molecular formula is C28H36F3N5O2S. The summed E-state index contributed by atoms with van der Waals surface area (Å²) in [6.07, 6.45) is -2.49. The van der Waals surface area contributed by atoms with Crippen molar-refractivity contribution in [1.82, 2.24) is 4.57 Å². The maximum absolute atomic E-state index is 13.5. The van der Waals surface area contributed by atoms with E-state index in [-0.39, 0.29) is 24.8 Å². The Morgan fingerprint density at radius 3 is 2.46 bits per heavy atom. The molecule has 4 rings (SSSR count). The molecule has 11 heteroatoms. The van der Waals surface area contributed by atoms with Crippen molar-refractivity contribution in [3.63, 3.8) is 0 Å². The number of methoxy groups -OCH3 is 1. The molecule has 7 nitrogen and oxygen atoms in total. The minimum Gasteiger partial charge on any atom is -0.495 e. The molecule has 212 valence electrons. The Bertz CT molecular complexity index is 1290. The largest absolute Gasteiger partial charge is 0.495 e. The van der Waals surface area contributed by atoms with E-state index in [2.05, 4.69) is 28.2 Å². The maximum atomic E-state index is 13.5. The number of nitrogens with one attached hydrogen (secondary N) is 2. The minimum atomic E-state index is -4.38. The fraction of sp³-hybridized carbons (Fsp3) is 0.429. The predicted octanol–water partition coefficient (Wildman–Crippen LogP) is 5.58. The standard InChI is InChI=1S/C27H31F3N4O2S.CH5N/c1-17-12-19(13-18(2)36-17)33-23-7-4-8-25-22(23)14-20(34(25)16-27(28,29)30)6-5-11-32-24-10-9-21(37-31)15-26(24)35-3;1-2/h4,7-10,14-15,17-19,32-33H,11-13,16,31H2,1-3H3;2H2,1H3. The van der Waals surface area contributed by atoms with E-state index < -0.39 is 12.7 Å². The van der Waals surface area contributed by atoms with Crippen molar-refractivity contribution < 1.29 is 22.6 Å². The highest BCUT2D eigenvalue weighted by Gasteiger charge is 2.30. The van der Waals surface area contributed by atoms with Crippen molar-refractivity contribution in [3.8, 4) is 17.6 Å². The van der Waals surface area contributed by atoms with Gasteiger partial charge in [-0.2, -0.15) is 13.2 Å². The van der Waals surface area contributed by atoms with Crippen molar-refractivity contribution in [2.75, 3.05) is 31.3 Å². The smallest absolute Gasteiger partial charge is 0.406 e. The van der Waals surface area contributed by atoms with Crippen LogP contribution in [0, 0.1) is 11.8 Å². The number of hydrogen-bond donors (Lipinski definition) is 4. The van der Waals surface area contributed by atoms with Gasteiger partial charge in [-0.25, -0.2) is 0 Å². The minimum absolute atomic E-state index is 0.119. The van der Waals surface area contributed by atoms with Gasteiger partial charge >= 0.3 is 6.18 Å². The zero-order valence-corrected chi connectivity index (χ0v) is 23.4. The van der Waals surface area contributed by atoms with Crippen molar-refractivity contribution in [1.29, 1.82) is 0 Å². The summed E-state index contributed by atoms with van der Waals surface area (Å²) in [6.45, 7) is 3.18. The van der Waals surface area contributed by atoms with Crippen LogP contribution in [-0.4, -0.2) is 49.7 Å². The molecule has 0 saturated carbocycles. The normalized spacial score (nSPS) is 18.9. The molecular weight excluding hydrogens is 527 g/mol. The second-order valence-electron chi connectivity index (χ2n) is 9.17. The zero-order valence-electron chi connectivity index (χ0n) is 22.6. The third-order valence-electron chi connectivity index (χ3n) is 6.23. The first kappa shape index (κ1) is 30.5. The Morgan fingerprint density at radius 1 is 1.10 bits per heavy atom. The van der Waals surface area contributed by atoms with Crippen LogP contribution in [-0.2, 0) is 11.3 Å². The molecule has 1 saturated heterocycles. The molecule has 6 N–H and O–H groups in total. The Balaban J connectivity index is 0.00000205. The lowest BCUT2D eigenvalue weighted by atomic mass is 9.99. The van der Waals surface area contributed by atoms with Gasteiger partial charge in [0.1, 0.15) is 12.3 Å². The van der Waals surface area contributed by atoms with Crippen molar-refractivity contribution >= 4 is 34.2 Å². The molecule has 2 unspecified atom stereocenters. The summed E-state index contributed by atoms with van der Waals surface area (Å²) in [7, 11) is 3.06. The molecule has 1 fully saturated rings. The average Bonchev–Trinajstić information content (AvgIpc) is 3.24. The van der Waals surface area contributed by atoms with E-state index in [1.165, 1.54) is 11.6 Å². The summed E-state index contributed by atoms with van der Waals surface area (Å²) in [5, 5.41) is 13.0. The van der Waals surface area contributed by atoms with Crippen LogP contribution in [0.25, 0.3) is 10.9 Å². The molecule has 3 aromatic rings. The van der Waals surface area contributed by atoms with Gasteiger partial charge in [0.25, 0.3) is 0 Å². The first-order valence-corrected chi connectivity index (χ1v) is 13.5. The van der Waals surface area contributed by atoms with Gasteiger partial charge in [-0.15, -0.1) is 0 Å². The van der Waals surface area contributed by atoms with Crippen LogP contribution in [0.15, 0.2) is 47.4 Å². The summed E-state index contributed by atoms with van der Waals surface area (Å²) < 4.78 is 53.0. The maximum Gasteiger partial charge on any atom is 0.406 e. The van der Waals surface area contributed by atoms with Crippen molar-refractivity contribution in [2.45, 2.75) is 62.6 Å². The number of hydrogen-bond acceptors (Lipinski definition) is 7. The SMILES string of the molecule is CN.COc1cc(SN)ccc1NCC#Cc1cc2c(NC3CC(C)OC(C)C3)cccc2n1CC(F)(F)F. The fourth-order valence-electron chi connectivity index (χ4n) is 4.77. The summed E-state index contributed by atoms with van der Waals surface area (Å²) in [4.78, 5) is 0.847. The summed E-state index contributed by atoms with van der Waals surface area (Å²) in [5.41, 5.74) is 6.81. The molecule has 0 amide bonds. The van der Waals surface area contributed by atoms with Gasteiger partial charge in [0, 0.05) is 22.0 Å². The van der Waals surface area contributed by atoms with Crippen LogP contribution < -0.4 is 26.2 Å². The van der Waals surface area contributed by atoms with E-state index >= 15 is 0 Å². The van der Waals surface area contributed by atoms with Gasteiger partial charge in [0.2, 0.25) is 0 Å².